The van der Waals surface area contributed by atoms with Gasteiger partial charge in [-0.05, 0) is 31.0 Å². The van der Waals surface area contributed by atoms with Crippen molar-refractivity contribution in [1.29, 1.82) is 0 Å². The first-order valence-electron chi connectivity index (χ1n) is 7.55. The second-order valence-electron chi connectivity index (χ2n) is 5.38. The minimum Gasteiger partial charge on any atom is -0.492 e. The number of carbonyl (C=O) groups is 1. The summed E-state index contributed by atoms with van der Waals surface area (Å²) in [6.45, 7) is 1.60. The van der Waals surface area contributed by atoms with Gasteiger partial charge in [0.2, 0.25) is 0 Å². The lowest BCUT2D eigenvalue weighted by atomic mass is 10.1. The average molecular weight is 395 g/mol. The number of rotatable bonds is 8. The van der Waals surface area contributed by atoms with Crippen LogP contribution in [0.4, 0.5) is 13.2 Å². The number of ether oxygens (including phenoxy) is 1. The Hall–Kier alpha value is -2.30. The first kappa shape index (κ1) is 21.7. The summed E-state index contributed by atoms with van der Waals surface area (Å²) in [5.41, 5.74) is 0.412. The van der Waals surface area contributed by atoms with Crippen LogP contribution in [0, 0.1) is 0 Å². The van der Waals surface area contributed by atoms with Gasteiger partial charge in [-0.25, -0.2) is 0 Å². The van der Waals surface area contributed by atoms with Gasteiger partial charge in [0, 0.05) is 20.6 Å². The van der Waals surface area contributed by atoms with Gasteiger partial charge in [-0.15, -0.1) is 4.40 Å². The summed E-state index contributed by atoms with van der Waals surface area (Å²) in [4.78, 5) is 12.0. The van der Waals surface area contributed by atoms with Crippen molar-refractivity contribution in [3.8, 4) is 5.75 Å². The van der Waals surface area contributed by atoms with Crippen molar-refractivity contribution in [2.75, 3.05) is 27.2 Å². The molecule has 7 nitrogen and oxygen atoms in total. The van der Waals surface area contributed by atoms with Crippen LogP contribution in [0.2, 0.25) is 0 Å². The molecule has 0 fully saturated rings. The third kappa shape index (κ3) is 6.54. The van der Waals surface area contributed by atoms with Crippen molar-refractivity contribution < 1.29 is 31.1 Å². The Kier molecular flexibility index (Phi) is 7.42. The van der Waals surface area contributed by atoms with E-state index in [1.165, 1.54) is 23.1 Å². The summed E-state index contributed by atoms with van der Waals surface area (Å²) < 4.78 is 70.0. The van der Waals surface area contributed by atoms with E-state index in [2.05, 4.69) is 4.40 Å². The Bertz CT molecular complexity index is 762. The number of sulfonamides is 1. The lowest BCUT2D eigenvalue weighted by Gasteiger charge is -2.12. The number of halogens is 3. The van der Waals surface area contributed by atoms with Gasteiger partial charge in [0.05, 0.1) is 6.61 Å². The monoisotopic (exact) mass is 395 g/mol. The van der Waals surface area contributed by atoms with E-state index in [0.29, 0.717) is 5.56 Å². The van der Waals surface area contributed by atoms with Crippen LogP contribution in [-0.4, -0.2) is 59.0 Å². The summed E-state index contributed by atoms with van der Waals surface area (Å²) >= 11 is 0. The molecule has 0 heterocycles. The van der Waals surface area contributed by atoms with Crippen LogP contribution in [0.25, 0.3) is 0 Å². The molecule has 1 N–H and O–H groups in total. The second-order valence-corrected chi connectivity index (χ2v) is 6.98. The lowest BCUT2D eigenvalue weighted by molar-refractivity contribution is -0.173. The summed E-state index contributed by atoms with van der Waals surface area (Å²) in [5.74, 6) is -1.96. The zero-order valence-corrected chi connectivity index (χ0v) is 15.3. The van der Waals surface area contributed by atoms with Gasteiger partial charge >= 0.3 is 12.1 Å². The fourth-order valence-corrected chi connectivity index (χ4v) is 2.93. The molecule has 26 heavy (non-hydrogen) atoms. The van der Waals surface area contributed by atoms with Gasteiger partial charge in [0.1, 0.15) is 17.0 Å². The number of carbonyl (C=O) groups excluding carboxylic acids is 1. The first-order chi connectivity index (χ1) is 12.0. The molecule has 0 aliphatic heterocycles. The van der Waals surface area contributed by atoms with E-state index in [4.69, 9.17) is 4.74 Å². The number of alkyl halides is 3. The summed E-state index contributed by atoms with van der Waals surface area (Å²) in [6, 6.07) is 4.19. The van der Waals surface area contributed by atoms with Crippen molar-refractivity contribution in [1.82, 2.24) is 10.2 Å². The molecule has 1 rings (SSSR count). The largest absolute Gasteiger partial charge is 0.492 e. The Labute approximate surface area is 149 Å². The Morgan fingerprint density at radius 2 is 2.00 bits per heavy atom. The van der Waals surface area contributed by atoms with E-state index >= 15 is 0 Å². The van der Waals surface area contributed by atoms with Crippen LogP contribution >= 0.6 is 0 Å². The Morgan fingerprint density at radius 1 is 1.35 bits per heavy atom. The maximum absolute atomic E-state index is 12.4. The smallest absolute Gasteiger partial charge is 0.471 e. The van der Waals surface area contributed by atoms with Crippen molar-refractivity contribution in [3.05, 3.63) is 23.8 Å². The molecule has 0 aliphatic rings. The average Bonchev–Trinajstić information content (AvgIpc) is 2.53. The lowest BCUT2D eigenvalue weighted by Crippen LogP contribution is -2.37. The number of amides is 1. The van der Waals surface area contributed by atoms with Crippen LogP contribution in [0.5, 0.6) is 5.75 Å². The zero-order valence-electron chi connectivity index (χ0n) is 14.5. The third-order valence-electron chi connectivity index (χ3n) is 2.96. The molecule has 0 saturated heterocycles. The molecule has 0 spiro atoms. The predicted molar refractivity (Wildman–Crippen MR) is 89.7 cm³/mol. The van der Waals surface area contributed by atoms with Gasteiger partial charge in [0.15, 0.2) is 0 Å². The van der Waals surface area contributed by atoms with E-state index in [1.54, 1.807) is 26.3 Å². The number of nitrogens with one attached hydrogen (secondary N) is 1. The topological polar surface area (TPSA) is 88.1 Å². The molecule has 0 unspecified atom stereocenters. The van der Waals surface area contributed by atoms with Crippen molar-refractivity contribution in [2.24, 2.45) is 4.40 Å². The standard InChI is InChI=1S/C15H20F3N3O4S/c1-4-25-12-6-5-11(7-8-19-14(22)15(16,17)18)9-13(12)26(23,24)20-10-21(2)3/h5-6,9-10H,4,7-8H2,1-3H3,(H,19,22). The summed E-state index contributed by atoms with van der Waals surface area (Å²) in [5, 5.41) is 1.73. The minimum atomic E-state index is -4.96. The number of benzene rings is 1. The van der Waals surface area contributed by atoms with E-state index in [9.17, 15) is 26.4 Å². The molecule has 11 heteroatoms. The van der Waals surface area contributed by atoms with Crippen LogP contribution in [0.15, 0.2) is 27.5 Å². The summed E-state index contributed by atoms with van der Waals surface area (Å²) in [7, 11) is -0.861. The fraction of sp³-hybridized carbons (Fsp3) is 0.467. The van der Waals surface area contributed by atoms with Crippen LogP contribution < -0.4 is 10.1 Å². The van der Waals surface area contributed by atoms with E-state index in [-0.39, 0.29) is 30.2 Å². The van der Waals surface area contributed by atoms with Gasteiger partial charge in [-0.1, -0.05) is 6.07 Å². The molecule has 1 aromatic carbocycles. The second kappa shape index (κ2) is 8.88. The zero-order chi connectivity index (χ0) is 20.0. The molecule has 0 saturated carbocycles. The number of hydrogen-bond acceptors (Lipinski definition) is 4. The van der Waals surface area contributed by atoms with E-state index in [1.807, 2.05) is 0 Å². The number of hydrogen-bond donors (Lipinski definition) is 1. The minimum absolute atomic E-state index is 0.00808. The van der Waals surface area contributed by atoms with E-state index < -0.39 is 22.1 Å². The van der Waals surface area contributed by atoms with Gasteiger partial charge in [0.25, 0.3) is 10.0 Å². The first-order valence-corrected chi connectivity index (χ1v) is 8.99. The molecule has 146 valence electrons. The normalized spacial score (nSPS) is 12.2. The highest BCUT2D eigenvalue weighted by atomic mass is 32.2. The third-order valence-corrected chi connectivity index (χ3v) is 4.21. The molecule has 0 bridgehead atoms. The highest BCUT2D eigenvalue weighted by Gasteiger charge is 2.38. The van der Waals surface area contributed by atoms with Crippen LogP contribution in [0.1, 0.15) is 12.5 Å². The molecule has 1 amide bonds. The molecule has 0 aliphatic carbocycles. The quantitative estimate of drug-likeness (QED) is 0.533. The van der Waals surface area contributed by atoms with Gasteiger partial charge in [-0.3, -0.25) is 4.79 Å². The van der Waals surface area contributed by atoms with Crippen LogP contribution in [-0.2, 0) is 21.2 Å². The van der Waals surface area contributed by atoms with Gasteiger partial charge < -0.3 is 15.0 Å². The molecular weight excluding hydrogens is 375 g/mol. The highest BCUT2D eigenvalue weighted by Crippen LogP contribution is 2.27. The van der Waals surface area contributed by atoms with Gasteiger partial charge in [-0.2, -0.15) is 21.6 Å². The Morgan fingerprint density at radius 3 is 2.54 bits per heavy atom. The summed E-state index contributed by atoms with van der Waals surface area (Å²) in [6.07, 6.45) is -3.84. The fourth-order valence-electron chi connectivity index (χ4n) is 1.82. The van der Waals surface area contributed by atoms with Crippen LogP contribution in [0.3, 0.4) is 0 Å². The number of nitrogens with zero attached hydrogens (tertiary/aromatic N) is 2. The van der Waals surface area contributed by atoms with Crippen molar-refractivity contribution in [2.45, 2.75) is 24.4 Å². The molecule has 0 radical (unpaired) electrons. The van der Waals surface area contributed by atoms with E-state index in [0.717, 1.165) is 6.34 Å². The highest BCUT2D eigenvalue weighted by molar-refractivity contribution is 7.90. The molecular formula is C15H20F3N3O4S. The molecule has 0 atom stereocenters. The predicted octanol–water partition coefficient (Wildman–Crippen LogP) is 1.58. The maximum Gasteiger partial charge on any atom is 0.471 e. The molecule has 0 aromatic heterocycles. The SMILES string of the molecule is CCOc1ccc(CCNC(=O)C(F)(F)F)cc1S(=O)(=O)N=CN(C)C. The molecule has 1 aromatic rings. The van der Waals surface area contributed by atoms with Crippen molar-refractivity contribution >= 4 is 22.3 Å². The maximum atomic E-state index is 12.4. The Balaban J connectivity index is 3.03. The van der Waals surface area contributed by atoms with Crippen molar-refractivity contribution in [3.63, 3.8) is 0 Å².